The van der Waals surface area contributed by atoms with Gasteiger partial charge in [0.05, 0.1) is 5.92 Å². The highest BCUT2D eigenvalue weighted by molar-refractivity contribution is 6.00. The molecule has 166 valence electrons. The van der Waals surface area contributed by atoms with Gasteiger partial charge in [-0.2, -0.15) is 0 Å². The highest BCUT2D eigenvalue weighted by Crippen LogP contribution is 2.31. The van der Waals surface area contributed by atoms with Crippen LogP contribution in [0.25, 0.3) is 5.65 Å². The molecule has 7 heteroatoms. The average Bonchev–Trinajstić information content (AvgIpc) is 3.43. The van der Waals surface area contributed by atoms with E-state index in [0.29, 0.717) is 32.0 Å². The molecule has 3 aromatic rings. The summed E-state index contributed by atoms with van der Waals surface area (Å²) in [6.45, 7) is 4.02. The van der Waals surface area contributed by atoms with Gasteiger partial charge >= 0.3 is 0 Å². The molecule has 0 N–H and O–H groups in total. The number of benzene rings is 1. The maximum atomic E-state index is 13.2. The van der Waals surface area contributed by atoms with Gasteiger partial charge in [-0.05, 0) is 49.1 Å². The number of carbonyl (C=O) groups is 2. The third kappa shape index (κ3) is 3.87. The lowest BCUT2D eigenvalue weighted by Gasteiger charge is -2.32. The summed E-state index contributed by atoms with van der Waals surface area (Å²) < 4.78 is 2.04. The summed E-state index contributed by atoms with van der Waals surface area (Å²) in [6.07, 6.45) is 6.16. The lowest BCUT2D eigenvalue weighted by Crippen LogP contribution is -2.42. The van der Waals surface area contributed by atoms with Gasteiger partial charge in [-0.1, -0.05) is 31.5 Å². The number of amides is 2. The Bertz CT molecular complexity index is 1110. The smallest absolute Gasteiger partial charge is 0.228 e. The van der Waals surface area contributed by atoms with Crippen LogP contribution in [0.5, 0.6) is 0 Å². The number of hydrogen-bond acceptors (Lipinski definition) is 4. The summed E-state index contributed by atoms with van der Waals surface area (Å²) in [4.78, 5) is 29.5. The zero-order valence-electron chi connectivity index (χ0n) is 18.5. The normalized spacial score (nSPS) is 19.8. The number of aryl methyl sites for hydroxylation is 1. The lowest BCUT2D eigenvalue weighted by molar-refractivity contribution is -0.136. The Balaban J connectivity index is 1.20. The van der Waals surface area contributed by atoms with Crippen LogP contribution in [0.3, 0.4) is 0 Å². The molecule has 0 bridgehead atoms. The van der Waals surface area contributed by atoms with Crippen molar-refractivity contribution in [3.05, 3.63) is 60.0 Å². The molecular weight excluding hydrogens is 402 g/mol. The van der Waals surface area contributed by atoms with Crippen LogP contribution < -0.4 is 4.90 Å². The second-order valence-corrected chi connectivity index (χ2v) is 8.91. The van der Waals surface area contributed by atoms with Gasteiger partial charge in [-0.3, -0.25) is 14.0 Å². The van der Waals surface area contributed by atoms with Crippen molar-refractivity contribution in [3.63, 3.8) is 0 Å². The van der Waals surface area contributed by atoms with Crippen LogP contribution in [-0.4, -0.2) is 50.9 Å². The molecule has 0 spiro atoms. The first-order chi connectivity index (χ1) is 15.6. The number of likely N-dealkylation sites (tertiary alicyclic amines) is 1. The van der Waals surface area contributed by atoms with Crippen LogP contribution in [0.15, 0.2) is 48.7 Å². The van der Waals surface area contributed by atoms with Gasteiger partial charge in [-0.15, -0.1) is 10.2 Å². The van der Waals surface area contributed by atoms with Gasteiger partial charge in [0.1, 0.15) is 5.82 Å². The molecule has 2 saturated heterocycles. The minimum atomic E-state index is -0.261. The molecule has 4 heterocycles. The molecule has 5 rings (SSSR count). The molecule has 2 aromatic heterocycles. The Morgan fingerprint density at radius 2 is 1.84 bits per heavy atom. The Hall–Kier alpha value is -3.22. The van der Waals surface area contributed by atoms with Crippen LogP contribution in [-0.2, 0) is 16.0 Å². The molecule has 0 radical (unpaired) electrons. The average molecular weight is 432 g/mol. The van der Waals surface area contributed by atoms with Crippen LogP contribution in [0, 0.1) is 5.92 Å². The van der Waals surface area contributed by atoms with Crippen LogP contribution in [0.2, 0.25) is 0 Å². The van der Waals surface area contributed by atoms with E-state index in [4.69, 9.17) is 0 Å². The Morgan fingerprint density at radius 1 is 1.06 bits per heavy atom. The fourth-order valence-electron chi connectivity index (χ4n) is 5.01. The molecule has 2 aliphatic heterocycles. The van der Waals surface area contributed by atoms with Crippen LogP contribution in [0.4, 0.5) is 5.69 Å². The zero-order chi connectivity index (χ0) is 22.1. The summed E-state index contributed by atoms with van der Waals surface area (Å²) in [7, 11) is 0. The minimum absolute atomic E-state index is 0.0383. The molecule has 7 nitrogen and oxygen atoms in total. The molecule has 2 fully saturated rings. The van der Waals surface area contributed by atoms with Crippen molar-refractivity contribution in [2.45, 2.75) is 44.9 Å². The standard InChI is InChI=1S/C25H29N5O2/c1-2-5-18-7-9-21(10-8-18)30-17-20(16-23(30)31)25(32)28-14-11-19(12-15-28)24-27-26-22-6-3-4-13-29(22)24/h3-4,6-10,13,19-20H,2,5,11-12,14-17H2,1H3/t20-/m0/s1. The number of carbonyl (C=O) groups excluding carboxylic acids is 2. The molecule has 1 atom stereocenters. The number of hydrogen-bond donors (Lipinski definition) is 0. The van der Waals surface area contributed by atoms with Crippen molar-refractivity contribution in [1.82, 2.24) is 19.5 Å². The summed E-state index contributed by atoms with van der Waals surface area (Å²) in [5.41, 5.74) is 3.02. The lowest BCUT2D eigenvalue weighted by atomic mass is 9.94. The van der Waals surface area contributed by atoms with E-state index in [0.717, 1.165) is 42.8 Å². The SMILES string of the molecule is CCCc1ccc(N2C[C@@H](C(=O)N3CCC(c4nnc5ccccn45)CC3)CC2=O)cc1. The van der Waals surface area contributed by atoms with Gasteiger partial charge < -0.3 is 9.80 Å². The first-order valence-corrected chi connectivity index (χ1v) is 11.6. The molecule has 0 saturated carbocycles. The number of fused-ring (bicyclic) bond motifs is 1. The second-order valence-electron chi connectivity index (χ2n) is 8.91. The fourth-order valence-corrected chi connectivity index (χ4v) is 5.01. The molecule has 1 aromatic carbocycles. The van der Waals surface area contributed by atoms with Crippen molar-refractivity contribution in [1.29, 1.82) is 0 Å². The van der Waals surface area contributed by atoms with E-state index in [2.05, 4.69) is 29.3 Å². The van der Waals surface area contributed by atoms with Gasteiger partial charge in [0.15, 0.2) is 5.65 Å². The first-order valence-electron chi connectivity index (χ1n) is 11.6. The predicted octanol–water partition coefficient (Wildman–Crippen LogP) is 3.44. The number of nitrogens with zero attached hydrogens (tertiary/aromatic N) is 5. The highest BCUT2D eigenvalue weighted by Gasteiger charge is 2.38. The summed E-state index contributed by atoms with van der Waals surface area (Å²) in [5, 5.41) is 8.66. The van der Waals surface area contributed by atoms with E-state index < -0.39 is 0 Å². The van der Waals surface area contributed by atoms with E-state index in [9.17, 15) is 9.59 Å². The molecular formula is C25H29N5O2. The number of piperidine rings is 1. The topological polar surface area (TPSA) is 70.8 Å². The number of anilines is 1. The predicted molar refractivity (Wildman–Crippen MR) is 122 cm³/mol. The highest BCUT2D eigenvalue weighted by atomic mass is 16.2. The van der Waals surface area contributed by atoms with Crippen molar-refractivity contribution >= 4 is 23.1 Å². The third-order valence-corrected chi connectivity index (χ3v) is 6.77. The molecule has 2 amide bonds. The zero-order valence-corrected chi connectivity index (χ0v) is 18.5. The van der Waals surface area contributed by atoms with Gasteiger partial charge in [0.25, 0.3) is 0 Å². The molecule has 0 aliphatic carbocycles. The van der Waals surface area contributed by atoms with Crippen LogP contribution in [0.1, 0.15) is 49.9 Å². The van der Waals surface area contributed by atoms with Crippen molar-refractivity contribution < 1.29 is 9.59 Å². The number of pyridine rings is 1. The van der Waals surface area contributed by atoms with Gasteiger partial charge in [0.2, 0.25) is 11.8 Å². The summed E-state index contributed by atoms with van der Waals surface area (Å²) >= 11 is 0. The quantitative estimate of drug-likeness (QED) is 0.621. The Kier molecular flexibility index (Phi) is 5.64. The minimum Gasteiger partial charge on any atom is -0.342 e. The van der Waals surface area contributed by atoms with Crippen molar-refractivity contribution in [2.75, 3.05) is 24.5 Å². The van der Waals surface area contributed by atoms with E-state index in [-0.39, 0.29) is 17.7 Å². The maximum absolute atomic E-state index is 13.2. The van der Waals surface area contributed by atoms with E-state index in [1.54, 1.807) is 4.90 Å². The van der Waals surface area contributed by atoms with Gasteiger partial charge in [0, 0.05) is 43.9 Å². The van der Waals surface area contributed by atoms with Crippen molar-refractivity contribution in [2.24, 2.45) is 5.92 Å². The largest absolute Gasteiger partial charge is 0.342 e. The fraction of sp³-hybridized carbons (Fsp3) is 0.440. The second kappa shape index (κ2) is 8.73. The first kappa shape index (κ1) is 20.7. The molecule has 0 unspecified atom stereocenters. The van der Waals surface area contributed by atoms with Gasteiger partial charge in [-0.25, -0.2) is 0 Å². The number of rotatable bonds is 5. The maximum Gasteiger partial charge on any atom is 0.228 e. The summed E-state index contributed by atoms with van der Waals surface area (Å²) in [5.74, 6) is 1.15. The Labute approximate surface area is 188 Å². The van der Waals surface area contributed by atoms with Crippen molar-refractivity contribution in [3.8, 4) is 0 Å². The Morgan fingerprint density at radius 3 is 2.59 bits per heavy atom. The summed E-state index contributed by atoms with van der Waals surface area (Å²) in [6, 6.07) is 14.1. The van der Waals surface area contributed by atoms with E-state index in [1.807, 2.05) is 45.8 Å². The van der Waals surface area contributed by atoms with Crippen LogP contribution >= 0.6 is 0 Å². The third-order valence-electron chi connectivity index (χ3n) is 6.77. The molecule has 2 aliphatic rings. The van der Waals surface area contributed by atoms with E-state index >= 15 is 0 Å². The molecule has 32 heavy (non-hydrogen) atoms. The monoisotopic (exact) mass is 431 g/mol. The number of aromatic nitrogens is 3. The van der Waals surface area contributed by atoms with E-state index in [1.165, 1.54) is 5.56 Å².